The monoisotopic (exact) mass is 1260 g/mol. The fourth-order valence-electron chi connectivity index (χ4n) is 11.5. The molecule has 4 N–H and O–H groups in total. The number of rotatable bonds is 18. The van der Waals surface area contributed by atoms with Gasteiger partial charge in [0, 0.05) is 67.8 Å². The van der Waals surface area contributed by atoms with E-state index in [1.165, 1.54) is 99.6 Å². The first kappa shape index (κ1) is 80.5. The van der Waals surface area contributed by atoms with E-state index >= 15 is 14.4 Å². The van der Waals surface area contributed by atoms with Gasteiger partial charge in [-0.25, -0.2) is 0 Å². The molecule has 0 aromatic heterocycles. The Morgan fingerprint density at radius 2 is 0.854 bits per heavy atom. The maximum absolute atomic E-state index is 15.2. The van der Waals surface area contributed by atoms with Crippen molar-refractivity contribution in [3.8, 4) is 0 Å². The minimum atomic E-state index is -1.66. The summed E-state index contributed by atoms with van der Waals surface area (Å²) < 4.78 is 0. The molecule has 1 rings (SSSR count). The normalized spacial score (nSPS) is 26.1. The number of aliphatic hydroxyl groups excluding tert-OH is 1. The smallest absolute Gasteiger partial charge is 0.246 e. The maximum atomic E-state index is 15.2. The van der Waals surface area contributed by atoms with Crippen LogP contribution in [-0.2, 0) is 52.7 Å². The molecule has 12 atom stereocenters. The number of azide groups is 1. The lowest BCUT2D eigenvalue weighted by Crippen LogP contribution is -2.63. The summed E-state index contributed by atoms with van der Waals surface area (Å²) in [6.45, 7) is 27.7. The van der Waals surface area contributed by atoms with Gasteiger partial charge in [0.15, 0.2) is 0 Å². The van der Waals surface area contributed by atoms with Crippen molar-refractivity contribution in [2.24, 2.45) is 46.5 Å². The summed E-state index contributed by atoms with van der Waals surface area (Å²) in [5.74, 6) is -9.88. The largest absolute Gasteiger partial charge is 0.390 e. The molecule has 0 saturated carbocycles. The Labute approximate surface area is 531 Å². The number of amides is 11. The molecule has 89 heavy (non-hydrogen) atoms. The molecule has 11 amide bonds. The summed E-state index contributed by atoms with van der Waals surface area (Å²) in [6.07, 6.45) is 0.296. The van der Waals surface area contributed by atoms with Crippen molar-refractivity contribution in [3.63, 3.8) is 0 Å². The Hall–Kier alpha value is -6.56. The predicted octanol–water partition coefficient (Wildman–Crippen LogP) is 4.13. The van der Waals surface area contributed by atoms with Crippen molar-refractivity contribution in [2.45, 2.75) is 229 Å². The van der Waals surface area contributed by atoms with Crippen LogP contribution in [0.3, 0.4) is 0 Å². The van der Waals surface area contributed by atoms with Crippen molar-refractivity contribution >= 4 is 65.0 Å². The third-order valence-corrected chi connectivity index (χ3v) is 17.0. The zero-order valence-corrected chi connectivity index (χ0v) is 58.3. The van der Waals surface area contributed by atoms with E-state index in [0.717, 1.165) is 9.80 Å². The van der Waals surface area contributed by atoms with Crippen LogP contribution < -0.4 is 16.0 Å². The van der Waals surface area contributed by atoms with E-state index in [-0.39, 0.29) is 62.3 Å². The third-order valence-electron chi connectivity index (χ3n) is 17.0. The molecule has 26 nitrogen and oxygen atoms in total. The van der Waals surface area contributed by atoms with Gasteiger partial charge in [-0.05, 0) is 106 Å². The van der Waals surface area contributed by atoms with E-state index in [2.05, 4.69) is 26.0 Å². The summed E-state index contributed by atoms with van der Waals surface area (Å²) >= 11 is 0. The second kappa shape index (κ2) is 36.9. The Balaban J connectivity index is 4.38. The van der Waals surface area contributed by atoms with E-state index < -0.39 is 156 Å². The molecule has 0 aromatic carbocycles. The molecule has 1 heterocycles. The van der Waals surface area contributed by atoms with Crippen molar-refractivity contribution in [3.05, 3.63) is 10.4 Å². The highest BCUT2D eigenvalue weighted by Crippen LogP contribution is 2.27. The van der Waals surface area contributed by atoms with Gasteiger partial charge < -0.3 is 60.3 Å². The van der Waals surface area contributed by atoms with E-state index in [4.69, 9.17) is 5.53 Å². The number of carbonyl (C=O) groups is 11. The van der Waals surface area contributed by atoms with Crippen LogP contribution in [-0.4, -0.2) is 245 Å². The summed E-state index contributed by atoms with van der Waals surface area (Å²) in [4.78, 5) is 174. The Bertz CT molecular complexity index is 2470. The molecule has 0 aromatic rings. The topological polar surface area (TPSA) is 319 Å². The van der Waals surface area contributed by atoms with Gasteiger partial charge in [-0.15, -0.1) is 0 Å². The zero-order chi connectivity index (χ0) is 69.0. The van der Waals surface area contributed by atoms with E-state index in [1.54, 1.807) is 41.5 Å². The number of aliphatic hydroxyl groups is 1. The lowest BCUT2D eigenvalue weighted by atomic mass is 9.90. The Morgan fingerprint density at radius 3 is 1.28 bits per heavy atom. The van der Waals surface area contributed by atoms with Gasteiger partial charge in [0.05, 0.1) is 12.6 Å². The van der Waals surface area contributed by atoms with E-state index in [9.17, 15) is 43.5 Å². The van der Waals surface area contributed by atoms with Gasteiger partial charge in [0.1, 0.15) is 60.4 Å². The number of unbranched alkanes of at least 4 members (excludes halogenated alkanes) is 1. The Kier molecular flexibility index (Phi) is 33.4. The van der Waals surface area contributed by atoms with Gasteiger partial charge in [0.2, 0.25) is 65.0 Å². The third kappa shape index (κ3) is 22.7. The van der Waals surface area contributed by atoms with E-state index in [1.807, 2.05) is 55.4 Å². The second-order valence-electron chi connectivity index (χ2n) is 27.1. The van der Waals surface area contributed by atoms with Gasteiger partial charge in [-0.3, -0.25) is 52.7 Å². The van der Waals surface area contributed by atoms with Crippen LogP contribution in [0.5, 0.6) is 0 Å². The van der Waals surface area contributed by atoms with Crippen LogP contribution in [0.15, 0.2) is 5.11 Å². The average Bonchev–Trinajstić information content (AvgIpc) is 2.53. The van der Waals surface area contributed by atoms with E-state index in [0.29, 0.717) is 19.3 Å². The Morgan fingerprint density at radius 1 is 0.472 bits per heavy atom. The highest BCUT2D eigenvalue weighted by molar-refractivity contribution is 5.99. The van der Waals surface area contributed by atoms with Gasteiger partial charge in [0.25, 0.3) is 0 Å². The van der Waals surface area contributed by atoms with Crippen LogP contribution in [0.25, 0.3) is 10.4 Å². The lowest BCUT2D eigenvalue weighted by Gasteiger charge is -2.41. The SMILES string of the molecule is CC[C@@H]1NC(=O)C([C@H](O)[C@H](C)CCCCN=[N+]=[N-])N(C)C(=O)[C@H](C(C)C)N(C)C(=O)[C@H](CC(C)C)N(C)C(=O)[C@H](CC(C)C)N(C)C(=O)[C@@H](C)NC(=O)[C@H](C)NC(=O)[C@H](CC(C)C)N(C)C(=O)[C@H](C(C)C)N(C)C(=O)[C@H](CC(C)C)N(C)C(=O)CN(C)C1=O. The van der Waals surface area contributed by atoms with Crippen LogP contribution >= 0.6 is 0 Å². The van der Waals surface area contributed by atoms with Crippen molar-refractivity contribution in [2.75, 3.05) is 69.5 Å². The van der Waals surface area contributed by atoms with Gasteiger partial charge in [-0.1, -0.05) is 108 Å². The molecule has 1 aliphatic rings. The summed E-state index contributed by atoms with van der Waals surface area (Å²) in [5, 5.41) is 24.0. The highest BCUT2D eigenvalue weighted by Gasteiger charge is 2.46. The number of nitrogens with one attached hydrogen (secondary N) is 3. The standard InChI is InChI=1S/C63H114N14O12/c1-25-44-58(84)70(17)34-49(78)71(18)46(31-36(4)5)60(86)75(22)50(39(10)11)62(88)72(19)45(30-35(2)3)55(81)66-42(15)54(80)67-43(16)57(83)73(20)47(32-37(6)7)59(85)74(21)48(33-38(8)9)61(87)76(23)51(40(12)13)63(89)77(24)52(56(82)68-44)53(79)41(14)28-26-27-29-65-69-64/h35-48,50-53,79H,25-34H2,1-24H3,(H,66,81)(H,67,80)(H,68,82)/t41-,42+,43-,44+,45+,46+,47+,48+,50+,51+,52?,53-/m1/s1. The van der Waals surface area contributed by atoms with Gasteiger partial charge in [-0.2, -0.15) is 0 Å². The van der Waals surface area contributed by atoms with Crippen molar-refractivity contribution in [1.82, 2.24) is 55.1 Å². The molecule has 26 heteroatoms. The first-order valence-corrected chi connectivity index (χ1v) is 31.8. The number of hydrogen-bond donors (Lipinski definition) is 4. The minimum Gasteiger partial charge on any atom is -0.390 e. The second-order valence-corrected chi connectivity index (χ2v) is 27.1. The first-order chi connectivity index (χ1) is 41.1. The quantitative estimate of drug-likeness (QED) is 0.0652. The summed E-state index contributed by atoms with van der Waals surface area (Å²) in [5.41, 5.74) is 8.84. The number of likely N-dealkylation sites (N-methyl/N-ethyl adjacent to an activating group) is 8. The number of carbonyl (C=O) groups excluding carboxylic acids is 11. The van der Waals surface area contributed by atoms with Crippen molar-refractivity contribution in [1.29, 1.82) is 0 Å². The van der Waals surface area contributed by atoms with Crippen LogP contribution in [0.2, 0.25) is 0 Å². The highest BCUT2D eigenvalue weighted by atomic mass is 16.3. The van der Waals surface area contributed by atoms with Crippen LogP contribution in [0.4, 0.5) is 0 Å². The van der Waals surface area contributed by atoms with Gasteiger partial charge >= 0.3 is 0 Å². The molecule has 1 aliphatic heterocycles. The zero-order valence-electron chi connectivity index (χ0n) is 58.3. The number of hydrogen-bond acceptors (Lipinski definition) is 13. The van der Waals surface area contributed by atoms with Crippen LogP contribution in [0, 0.1) is 41.4 Å². The number of nitrogens with zero attached hydrogens (tertiary/aromatic N) is 11. The minimum absolute atomic E-state index is 0.00321. The lowest BCUT2D eigenvalue weighted by molar-refractivity contribution is -0.157. The summed E-state index contributed by atoms with van der Waals surface area (Å²) in [6, 6.07) is -12.5. The fourth-order valence-corrected chi connectivity index (χ4v) is 11.5. The molecule has 0 radical (unpaired) electrons. The molecule has 1 fully saturated rings. The fraction of sp³-hybridized carbons (Fsp3) is 0.825. The molecule has 508 valence electrons. The van der Waals surface area contributed by atoms with Crippen LogP contribution in [0.1, 0.15) is 162 Å². The average molecular weight is 1260 g/mol. The first-order valence-electron chi connectivity index (χ1n) is 31.8. The molecular formula is C63H114N14O12. The summed E-state index contributed by atoms with van der Waals surface area (Å²) in [7, 11) is 11.3. The molecule has 0 aliphatic carbocycles. The molecule has 0 bridgehead atoms. The van der Waals surface area contributed by atoms with Crippen molar-refractivity contribution < 1.29 is 57.8 Å². The molecule has 0 spiro atoms. The molecular weight excluding hydrogens is 1140 g/mol. The predicted molar refractivity (Wildman–Crippen MR) is 342 cm³/mol. The molecule has 1 unspecified atom stereocenters. The maximum Gasteiger partial charge on any atom is 0.246 e. The molecule has 1 saturated heterocycles.